The zero-order valence-corrected chi connectivity index (χ0v) is 17.4. The highest BCUT2D eigenvalue weighted by Gasteiger charge is 2.08. The first-order valence-electron chi connectivity index (χ1n) is 9.88. The number of aryl methyl sites for hydroxylation is 1. The molecular formula is C27H26O3. The first-order chi connectivity index (χ1) is 14.6. The van der Waals surface area contributed by atoms with E-state index < -0.39 is 0 Å². The van der Waals surface area contributed by atoms with Crippen molar-refractivity contribution in [1.29, 1.82) is 0 Å². The van der Waals surface area contributed by atoms with Crippen LogP contribution in [0.15, 0.2) is 85.5 Å². The van der Waals surface area contributed by atoms with Gasteiger partial charge < -0.3 is 9.47 Å². The summed E-state index contributed by atoms with van der Waals surface area (Å²) in [5, 5.41) is 0. The molecule has 0 aliphatic carbocycles. The molecule has 0 aliphatic heterocycles. The molecule has 0 radical (unpaired) electrons. The van der Waals surface area contributed by atoms with E-state index in [1.807, 2.05) is 85.8 Å². The highest BCUT2D eigenvalue weighted by Crippen LogP contribution is 2.25. The summed E-state index contributed by atoms with van der Waals surface area (Å²) in [7, 11) is 1.64. The zero-order valence-electron chi connectivity index (χ0n) is 17.4. The van der Waals surface area contributed by atoms with Crippen molar-refractivity contribution in [3.8, 4) is 11.5 Å². The molecular weight excluding hydrogens is 372 g/mol. The van der Waals surface area contributed by atoms with E-state index >= 15 is 0 Å². The first-order valence-corrected chi connectivity index (χ1v) is 9.88. The maximum Gasteiger partial charge on any atom is 0.185 e. The lowest BCUT2D eigenvalue weighted by Gasteiger charge is -2.13. The zero-order chi connectivity index (χ0) is 21.3. The van der Waals surface area contributed by atoms with Crippen LogP contribution in [0.3, 0.4) is 0 Å². The van der Waals surface area contributed by atoms with Crippen molar-refractivity contribution >= 4 is 11.9 Å². The number of methoxy groups -OCH3 is 1. The van der Waals surface area contributed by atoms with Crippen LogP contribution in [0.1, 0.15) is 32.6 Å². The minimum atomic E-state index is -0.0225. The number of ketones is 1. The van der Waals surface area contributed by atoms with Crippen LogP contribution in [-0.4, -0.2) is 12.9 Å². The number of hydrogen-bond acceptors (Lipinski definition) is 3. The van der Waals surface area contributed by atoms with E-state index in [0.717, 1.165) is 40.2 Å². The van der Waals surface area contributed by atoms with Gasteiger partial charge in [-0.05, 0) is 54.8 Å². The van der Waals surface area contributed by atoms with Crippen molar-refractivity contribution in [3.63, 3.8) is 0 Å². The fourth-order valence-electron chi connectivity index (χ4n) is 3.21. The molecule has 30 heavy (non-hydrogen) atoms. The van der Waals surface area contributed by atoms with Crippen molar-refractivity contribution < 1.29 is 14.3 Å². The fourth-order valence-corrected chi connectivity index (χ4v) is 3.21. The quantitative estimate of drug-likeness (QED) is 0.244. The Morgan fingerprint density at radius 1 is 0.967 bits per heavy atom. The Hall–Kier alpha value is -3.59. The van der Waals surface area contributed by atoms with Gasteiger partial charge >= 0.3 is 0 Å². The van der Waals surface area contributed by atoms with Crippen molar-refractivity contribution in [3.05, 3.63) is 113 Å². The smallest absolute Gasteiger partial charge is 0.185 e. The molecule has 3 nitrogen and oxygen atoms in total. The van der Waals surface area contributed by atoms with Crippen LogP contribution in [-0.2, 0) is 13.0 Å². The van der Waals surface area contributed by atoms with Crippen LogP contribution < -0.4 is 9.47 Å². The Bertz CT molecular complexity index is 1060. The predicted octanol–water partition coefficient (Wildman–Crippen LogP) is 6.21. The van der Waals surface area contributed by atoms with E-state index in [2.05, 4.69) is 6.58 Å². The van der Waals surface area contributed by atoms with Gasteiger partial charge in [0.2, 0.25) is 0 Å². The largest absolute Gasteiger partial charge is 0.496 e. The maximum absolute atomic E-state index is 12.4. The number of carbonyl (C=O) groups excluding carboxylic acids is 1. The number of carbonyl (C=O) groups is 1. The van der Waals surface area contributed by atoms with Crippen molar-refractivity contribution in [2.24, 2.45) is 0 Å². The summed E-state index contributed by atoms with van der Waals surface area (Å²) in [6.45, 7) is 6.15. The number of rotatable bonds is 9. The third kappa shape index (κ3) is 5.48. The van der Waals surface area contributed by atoms with Gasteiger partial charge in [-0.15, -0.1) is 6.58 Å². The molecule has 0 aliphatic rings. The van der Waals surface area contributed by atoms with Gasteiger partial charge in [-0.25, -0.2) is 0 Å². The number of ether oxygens (including phenoxy) is 2. The summed E-state index contributed by atoms with van der Waals surface area (Å²) in [4.78, 5) is 12.4. The number of para-hydroxylation sites is 1. The lowest BCUT2D eigenvalue weighted by molar-refractivity contribution is 0.104. The molecule has 3 heteroatoms. The second-order valence-electron chi connectivity index (χ2n) is 7.03. The first kappa shape index (κ1) is 21.1. The second kappa shape index (κ2) is 10.3. The third-order valence-corrected chi connectivity index (χ3v) is 4.75. The molecule has 0 unspecified atom stereocenters. The Labute approximate surface area is 178 Å². The van der Waals surface area contributed by atoms with Gasteiger partial charge in [-0.1, -0.05) is 60.2 Å². The minimum Gasteiger partial charge on any atom is -0.496 e. The summed E-state index contributed by atoms with van der Waals surface area (Å²) in [6.07, 6.45) is 6.02. The van der Waals surface area contributed by atoms with Crippen LogP contribution in [0, 0.1) is 6.92 Å². The van der Waals surface area contributed by atoms with Crippen LogP contribution in [0.4, 0.5) is 0 Å². The van der Waals surface area contributed by atoms with E-state index in [-0.39, 0.29) is 5.78 Å². The summed E-state index contributed by atoms with van der Waals surface area (Å²) < 4.78 is 11.5. The van der Waals surface area contributed by atoms with Gasteiger partial charge in [0.25, 0.3) is 0 Å². The monoisotopic (exact) mass is 398 g/mol. The molecule has 0 spiro atoms. The number of hydrogen-bond donors (Lipinski definition) is 0. The normalized spacial score (nSPS) is 10.7. The predicted molar refractivity (Wildman–Crippen MR) is 122 cm³/mol. The maximum atomic E-state index is 12.4. The number of allylic oxidation sites excluding steroid dienone is 2. The molecule has 0 atom stereocenters. The van der Waals surface area contributed by atoms with Gasteiger partial charge in [0.15, 0.2) is 5.78 Å². The lowest BCUT2D eigenvalue weighted by atomic mass is 10.1. The van der Waals surface area contributed by atoms with E-state index in [4.69, 9.17) is 9.47 Å². The summed E-state index contributed by atoms with van der Waals surface area (Å²) in [5.41, 5.74) is 4.66. The lowest BCUT2D eigenvalue weighted by Crippen LogP contribution is -2.01. The van der Waals surface area contributed by atoms with Crippen LogP contribution in [0.2, 0.25) is 0 Å². The van der Waals surface area contributed by atoms with Crippen molar-refractivity contribution in [1.82, 2.24) is 0 Å². The molecule has 3 rings (SSSR count). The molecule has 3 aromatic carbocycles. The topological polar surface area (TPSA) is 35.5 Å². The molecule has 0 saturated heterocycles. The van der Waals surface area contributed by atoms with Crippen molar-refractivity contribution in [2.75, 3.05) is 7.11 Å². The fraction of sp³-hybridized carbons (Fsp3) is 0.148. The summed E-state index contributed by atoms with van der Waals surface area (Å²) in [5.74, 6) is 1.55. The molecule has 0 amide bonds. The highest BCUT2D eigenvalue weighted by atomic mass is 16.5. The molecule has 0 bridgehead atoms. The van der Waals surface area contributed by atoms with Gasteiger partial charge in [0.1, 0.15) is 18.1 Å². The molecule has 152 valence electrons. The van der Waals surface area contributed by atoms with Crippen LogP contribution >= 0.6 is 0 Å². The molecule has 0 heterocycles. The van der Waals surface area contributed by atoms with E-state index in [0.29, 0.717) is 12.2 Å². The van der Waals surface area contributed by atoms with E-state index in [9.17, 15) is 4.79 Å². The van der Waals surface area contributed by atoms with Crippen LogP contribution in [0.25, 0.3) is 6.08 Å². The van der Waals surface area contributed by atoms with Gasteiger partial charge in [-0.3, -0.25) is 4.79 Å². The second-order valence-corrected chi connectivity index (χ2v) is 7.03. The average Bonchev–Trinajstić information content (AvgIpc) is 2.77. The standard InChI is InChI=1S/C27H26O3/c1-4-8-22-10-5-6-12-27(22)30-19-24-18-21(14-16-26(24)29-3)13-15-25(28)23-11-7-9-20(2)17-23/h4-7,9-18H,1,8,19H2,2-3H3/b15-13+. The molecule has 0 aromatic heterocycles. The summed E-state index contributed by atoms with van der Waals surface area (Å²) in [6, 6.07) is 21.3. The van der Waals surface area contributed by atoms with Gasteiger partial charge in [0.05, 0.1) is 7.11 Å². The molecule has 0 saturated carbocycles. The Balaban J connectivity index is 1.77. The SMILES string of the molecule is C=CCc1ccccc1OCc1cc(/C=C/C(=O)c2cccc(C)c2)ccc1OC. The molecule has 0 N–H and O–H groups in total. The van der Waals surface area contributed by atoms with Gasteiger partial charge in [0, 0.05) is 11.1 Å². The molecule has 0 fully saturated rings. The third-order valence-electron chi connectivity index (χ3n) is 4.75. The van der Waals surface area contributed by atoms with Crippen LogP contribution in [0.5, 0.6) is 11.5 Å². The van der Waals surface area contributed by atoms with Crippen molar-refractivity contribution in [2.45, 2.75) is 20.0 Å². The average molecular weight is 399 g/mol. The summed E-state index contributed by atoms with van der Waals surface area (Å²) >= 11 is 0. The Kier molecular flexibility index (Phi) is 7.23. The van der Waals surface area contributed by atoms with E-state index in [1.54, 1.807) is 13.2 Å². The minimum absolute atomic E-state index is 0.0225. The molecule has 3 aromatic rings. The Morgan fingerprint density at radius 2 is 1.80 bits per heavy atom. The highest BCUT2D eigenvalue weighted by molar-refractivity contribution is 6.06. The number of benzene rings is 3. The Morgan fingerprint density at radius 3 is 2.57 bits per heavy atom. The van der Waals surface area contributed by atoms with E-state index in [1.165, 1.54) is 0 Å². The van der Waals surface area contributed by atoms with Gasteiger partial charge in [-0.2, -0.15) is 0 Å².